The molecule has 34 heavy (non-hydrogen) atoms. The Kier molecular flexibility index (Phi) is 7.78. The number of nitrogens with zero attached hydrogens (tertiary/aromatic N) is 2. The molecule has 1 aromatic rings. The molecule has 182 valence electrons. The van der Waals surface area contributed by atoms with Crippen molar-refractivity contribution >= 4 is 35.1 Å². The Bertz CT molecular complexity index is 1010. The van der Waals surface area contributed by atoms with Crippen LogP contribution in [0.1, 0.15) is 49.3 Å². The number of benzene rings is 1. The lowest BCUT2D eigenvalue weighted by molar-refractivity contribution is -0.134. The van der Waals surface area contributed by atoms with Gasteiger partial charge >= 0.3 is 6.03 Å². The van der Waals surface area contributed by atoms with Gasteiger partial charge in [0.05, 0.1) is 17.5 Å². The smallest absolute Gasteiger partial charge is 0.324 e. The molecular weight excluding hydrogens is 448 g/mol. The largest absolute Gasteiger partial charge is 0.387 e. The number of likely N-dealkylation sites (tertiary alicyclic amines) is 1. The molecule has 1 aromatic carbocycles. The monoisotopic (exact) mass is 482 g/mol. The van der Waals surface area contributed by atoms with Crippen molar-refractivity contribution in [3.05, 3.63) is 53.7 Å². The average Bonchev–Trinajstić information content (AvgIpc) is 2.82. The molecule has 0 saturated carbocycles. The van der Waals surface area contributed by atoms with Crippen molar-refractivity contribution in [2.24, 2.45) is 5.92 Å². The summed E-state index contributed by atoms with van der Waals surface area (Å²) >= 11 is 1.30. The third kappa shape index (κ3) is 4.93. The van der Waals surface area contributed by atoms with Gasteiger partial charge in [0.2, 0.25) is 5.91 Å². The maximum absolute atomic E-state index is 13.7. The van der Waals surface area contributed by atoms with E-state index in [0.29, 0.717) is 32.1 Å². The number of carbonyl (C=O) groups is 3. The molecule has 0 spiro atoms. The molecule has 1 aliphatic carbocycles. The number of rotatable bonds is 8. The molecular formula is C26H34N4O3S. The number of Topliss-reactive ketones (excluding diaryl/α,β-unsaturated/α-hetero) is 1. The summed E-state index contributed by atoms with van der Waals surface area (Å²) in [6, 6.07) is 6.40. The fourth-order valence-corrected chi connectivity index (χ4v) is 6.36. The average molecular weight is 483 g/mol. The number of hydrogen-bond donors (Lipinski definition) is 2. The first-order valence-corrected chi connectivity index (χ1v) is 13.2. The molecule has 0 bridgehead atoms. The highest BCUT2D eigenvalue weighted by Gasteiger charge is 2.45. The standard InChI is InChI=1S/C26H34N4O3S/c1-4-9-29-14-20(25(32)30(26(33)28-5-2)16-34-15-17(3)31)10-22-21-8-6-7-18-12-27-13-19(24(18)21)11-23(22)29/h4,6-8,13,20,22-23,27H,1,5,9-12,14-16H2,2-3H3,(H,28,33). The summed E-state index contributed by atoms with van der Waals surface area (Å²) in [5.74, 6) is 0.233. The molecule has 0 radical (unpaired) electrons. The summed E-state index contributed by atoms with van der Waals surface area (Å²) < 4.78 is 0. The topological polar surface area (TPSA) is 81.8 Å². The van der Waals surface area contributed by atoms with Gasteiger partial charge in [-0.05, 0) is 49.0 Å². The number of carbonyl (C=O) groups excluding carboxylic acids is 3. The number of fused-ring (bicyclic) bond motifs is 2. The summed E-state index contributed by atoms with van der Waals surface area (Å²) in [6.07, 6.45) is 5.69. The van der Waals surface area contributed by atoms with Crippen LogP contribution in [0.3, 0.4) is 0 Å². The van der Waals surface area contributed by atoms with E-state index in [1.807, 2.05) is 13.0 Å². The van der Waals surface area contributed by atoms with Crippen LogP contribution in [0.5, 0.6) is 0 Å². The summed E-state index contributed by atoms with van der Waals surface area (Å²) in [7, 11) is 0. The zero-order valence-corrected chi connectivity index (χ0v) is 20.8. The minimum absolute atomic E-state index is 0.0281. The van der Waals surface area contributed by atoms with Gasteiger partial charge in [0.1, 0.15) is 5.78 Å². The second-order valence-corrected chi connectivity index (χ2v) is 10.2. The van der Waals surface area contributed by atoms with E-state index in [1.165, 1.54) is 45.8 Å². The van der Waals surface area contributed by atoms with E-state index in [-0.39, 0.29) is 35.2 Å². The Morgan fingerprint density at radius 3 is 2.91 bits per heavy atom. The molecule has 3 aliphatic rings. The van der Waals surface area contributed by atoms with Gasteiger partial charge in [0, 0.05) is 44.3 Å². The molecule has 3 unspecified atom stereocenters. The first-order chi connectivity index (χ1) is 16.4. The van der Waals surface area contributed by atoms with E-state index in [1.54, 1.807) is 0 Å². The van der Waals surface area contributed by atoms with Gasteiger partial charge in [-0.2, -0.15) is 0 Å². The fourth-order valence-electron chi connectivity index (χ4n) is 5.55. The quantitative estimate of drug-likeness (QED) is 0.437. The Labute approximate surface area is 206 Å². The van der Waals surface area contributed by atoms with Crippen molar-refractivity contribution in [3.8, 4) is 0 Å². The van der Waals surface area contributed by atoms with Gasteiger partial charge < -0.3 is 10.6 Å². The van der Waals surface area contributed by atoms with E-state index < -0.39 is 6.03 Å². The number of nitrogens with one attached hydrogen (secondary N) is 2. The van der Waals surface area contributed by atoms with Crippen molar-refractivity contribution in [1.29, 1.82) is 0 Å². The van der Waals surface area contributed by atoms with Gasteiger partial charge in [0.15, 0.2) is 0 Å². The van der Waals surface area contributed by atoms with E-state index in [4.69, 9.17) is 0 Å². The first kappa shape index (κ1) is 24.5. The van der Waals surface area contributed by atoms with Crippen LogP contribution in [-0.2, 0) is 16.1 Å². The minimum Gasteiger partial charge on any atom is -0.387 e. The van der Waals surface area contributed by atoms with Crippen LogP contribution >= 0.6 is 11.8 Å². The van der Waals surface area contributed by atoms with Crippen LogP contribution in [0.2, 0.25) is 0 Å². The number of urea groups is 1. The van der Waals surface area contributed by atoms with Crippen LogP contribution in [0.15, 0.2) is 37.1 Å². The van der Waals surface area contributed by atoms with E-state index in [2.05, 4.69) is 46.5 Å². The summed E-state index contributed by atoms with van der Waals surface area (Å²) in [6.45, 7) is 9.85. The van der Waals surface area contributed by atoms with Crippen LogP contribution < -0.4 is 10.6 Å². The normalized spacial score (nSPS) is 23.0. The van der Waals surface area contributed by atoms with Crippen molar-refractivity contribution in [2.75, 3.05) is 31.3 Å². The first-order valence-electron chi connectivity index (χ1n) is 12.0. The van der Waals surface area contributed by atoms with Gasteiger partial charge in [-0.3, -0.25) is 19.4 Å². The number of ketones is 1. The van der Waals surface area contributed by atoms with Crippen molar-refractivity contribution in [3.63, 3.8) is 0 Å². The Hall–Kier alpha value is -2.58. The van der Waals surface area contributed by atoms with E-state index >= 15 is 0 Å². The molecule has 2 aliphatic heterocycles. The number of thioether (sulfide) groups is 1. The predicted octanol–water partition coefficient (Wildman–Crippen LogP) is 3.33. The second-order valence-electron chi connectivity index (χ2n) is 9.27. The fraction of sp³-hybridized carbons (Fsp3) is 0.500. The zero-order chi connectivity index (χ0) is 24.2. The highest BCUT2D eigenvalue weighted by Crippen LogP contribution is 2.48. The lowest BCUT2D eigenvalue weighted by atomic mass is 9.68. The number of imide groups is 1. The van der Waals surface area contributed by atoms with Crippen molar-refractivity contribution in [1.82, 2.24) is 20.4 Å². The molecule has 3 amide bonds. The Morgan fingerprint density at radius 2 is 2.18 bits per heavy atom. The van der Waals surface area contributed by atoms with Gasteiger partial charge in [-0.1, -0.05) is 24.3 Å². The van der Waals surface area contributed by atoms with Crippen LogP contribution in [0.4, 0.5) is 4.79 Å². The predicted molar refractivity (Wildman–Crippen MR) is 136 cm³/mol. The molecule has 7 nitrogen and oxygen atoms in total. The van der Waals surface area contributed by atoms with Gasteiger partial charge in [-0.25, -0.2) is 4.79 Å². The van der Waals surface area contributed by atoms with Crippen LogP contribution in [0, 0.1) is 5.92 Å². The summed E-state index contributed by atoms with van der Waals surface area (Å²) in [4.78, 5) is 41.6. The van der Waals surface area contributed by atoms with E-state index in [9.17, 15) is 14.4 Å². The van der Waals surface area contributed by atoms with E-state index in [0.717, 1.165) is 13.0 Å². The van der Waals surface area contributed by atoms with Crippen molar-refractivity contribution in [2.45, 2.75) is 45.2 Å². The molecule has 0 aromatic heterocycles. The highest BCUT2D eigenvalue weighted by atomic mass is 32.2. The maximum Gasteiger partial charge on any atom is 0.324 e. The molecule has 8 heteroatoms. The summed E-state index contributed by atoms with van der Waals surface area (Å²) in [5, 5.41) is 6.17. The number of hydrogen-bond acceptors (Lipinski definition) is 6. The second kappa shape index (κ2) is 10.8. The van der Waals surface area contributed by atoms with Crippen LogP contribution in [-0.4, -0.2) is 64.8 Å². The number of amides is 3. The Morgan fingerprint density at radius 1 is 1.35 bits per heavy atom. The third-order valence-electron chi connectivity index (χ3n) is 6.91. The van der Waals surface area contributed by atoms with Crippen LogP contribution in [0.25, 0.3) is 5.57 Å². The maximum atomic E-state index is 13.7. The SMILES string of the molecule is C=CCN1CC(C(=O)N(CSCC(C)=O)C(=O)NCC)CC2c3cccc4c3C(=CNC4)CC21. The van der Waals surface area contributed by atoms with Gasteiger partial charge in [-0.15, -0.1) is 18.3 Å². The molecule has 3 atom stereocenters. The molecule has 2 heterocycles. The molecule has 1 fully saturated rings. The third-order valence-corrected chi connectivity index (χ3v) is 7.96. The molecule has 1 saturated heterocycles. The highest BCUT2D eigenvalue weighted by molar-refractivity contribution is 7.99. The van der Waals surface area contributed by atoms with Gasteiger partial charge in [0.25, 0.3) is 0 Å². The lowest BCUT2D eigenvalue weighted by Crippen LogP contribution is -2.55. The molecule has 4 rings (SSSR count). The lowest BCUT2D eigenvalue weighted by Gasteiger charge is -2.49. The summed E-state index contributed by atoms with van der Waals surface area (Å²) in [5.41, 5.74) is 5.29. The van der Waals surface area contributed by atoms with Crippen molar-refractivity contribution < 1.29 is 14.4 Å². The molecule has 2 N–H and O–H groups in total. The zero-order valence-electron chi connectivity index (χ0n) is 20.0. The Balaban J connectivity index is 1.62. The number of piperidine rings is 1. The minimum atomic E-state index is -0.391.